The van der Waals surface area contributed by atoms with Crippen molar-refractivity contribution in [2.24, 2.45) is 0 Å². The van der Waals surface area contributed by atoms with Crippen LogP contribution in [0.4, 0.5) is 17.6 Å². The molecule has 26 heavy (non-hydrogen) atoms. The van der Waals surface area contributed by atoms with Crippen LogP contribution in [0.5, 0.6) is 5.75 Å². The highest BCUT2D eigenvalue weighted by Gasteiger charge is 2.39. The first-order valence-electron chi connectivity index (χ1n) is 7.30. The van der Waals surface area contributed by atoms with Crippen molar-refractivity contribution in [2.45, 2.75) is 25.7 Å². The molecule has 0 radical (unpaired) electrons. The summed E-state index contributed by atoms with van der Waals surface area (Å²) < 4.78 is 86.6. The molecule has 2 aromatic rings. The van der Waals surface area contributed by atoms with Gasteiger partial charge in [-0.15, -0.1) is 0 Å². The molecule has 3 rings (SSSR count). The van der Waals surface area contributed by atoms with Crippen molar-refractivity contribution in [3.8, 4) is 17.1 Å². The van der Waals surface area contributed by atoms with Crippen molar-refractivity contribution in [3.63, 3.8) is 0 Å². The molecule has 1 atom stereocenters. The maximum atomic E-state index is 14.5. The lowest BCUT2D eigenvalue weighted by Crippen LogP contribution is -2.39. The molecular formula is C14H13F4N3O4S. The second-order valence-corrected chi connectivity index (χ2v) is 7.76. The van der Waals surface area contributed by atoms with Gasteiger partial charge in [-0.25, -0.2) is 12.8 Å². The third-order valence-electron chi connectivity index (χ3n) is 3.79. The van der Waals surface area contributed by atoms with Crippen molar-refractivity contribution in [2.75, 3.05) is 12.9 Å². The van der Waals surface area contributed by atoms with E-state index in [0.29, 0.717) is 0 Å². The zero-order chi connectivity index (χ0) is 19.3. The Morgan fingerprint density at radius 2 is 2.00 bits per heavy atom. The highest BCUT2D eigenvalue weighted by molar-refractivity contribution is 7.88. The molecule has 1 aromatic heterocycles. The highest BCUT2D eigenvalue weighted by Crippen LogP contribution is 2.34. The molecule has 1 aliphatic rings. The molecule has 0 spiro atoms. The largest absolute Gasteiger partial charge is 0.491 e. The Morgan fingerprint density at radius 1 is 1.31 bits per heavy atom. The molecule has 142 valence electrons. The average Bonchev–Trinajstić information content (AvgIpc) is 2.93. The molecule has 0 amide bonds. The van der Waals surface area contributed by atoms with Crippen LogP contribution in [0.15, 0.2) is 16.7 Å². The number of rotatable bonds is 2. The Labute approximate surface area is 145 Å². The van der Waals surface area contributed by atoms with E-state index in [1.165, 1.54) is 6.07 Å². The number of aromatic nitrogens is 2. The lowest BCUT2D eigenvalue weighted by Gasteiger charge is -2.23. The van der Waals surface area contributed by atoms with Gasteiger partial charge in [0.25, 0.3) is 0 Å². The smallest absolute Gasteiger partial charge is 0.471 e. The molecule has 0 fully saturated rings. The summed E-state index contributed by atoms with van der Waals surface area (Å²) in [5.74, 6) is -2.85. The van der Waals surface area contributed by atoms with Crippen LogP contribution in [0.25, 0.3) is 11.4 Å². The van der Waals surface area contributed by atoms with E-state index in [0.717, 1.165) is 16.6 Å². The fraction of sp³-hybridized carbons (Fsp3) is 0.429. The van der Waals surface area contributed by atoms with Crippen LogP contribution in [0, 0.1) is 5.82 Å². The van der Waals surface area contributed by atoms with Crippen molar-refractivity contribution in [1.82, 2.24) is 14.4 Å². The van der Waals surface area contributed by atoms with Gasteiger partial charge < -0.3 is 9.26 Å². The van der Waals surface area contributed by atoms with E-state index >= 15 is 0 Å². The Morgan fingerprint density at radius 3 is 2.58 bits per heavy atom. The third kappa shape index (κ3) is 3.51. The molecule has 0 aliphatic carbocycles. The first-order valence-corrected chi connectivity index (χ1v) is 9.15. The fourth-order valence-electron chi connectivity index (χ4n) is 2.53. The van der Waals surface area contributed by atoms with Gasteiger partial charge in [-0.1, -0.05) is 5.16 Å². The minimum absolute atomic E-state index is 0.0105. The first-order chi connectivity index (χ1) is 12.0. The molecule has 0 saturated heterocycles. The summed E-state index contributed by atoms with van der Waals surface area (Å²) in [5, 5.41) is 3.20. The molecule has 7 nitrogen and oxygen atoms in total. The summed E-state index contributed by atoms with van der Waals surface area (Å²) in [6, 6.07) is 1.60. The molecule has 1 aliphatic heterocycles. The number of ether oxygens (including phenoxy) is 1. The summed E-state index contributed by atoms with van der Waals surface area (Å²) >= 11 is 0. The van der Waals surface area contributed by atoms with Crippen LogP contribution in [0.3, 0.4) is 0 Å². The second kappa shape index (κ2) is 6.20. The number of nitrogens with zero attached hydrogens (tertiary/aromatic N) is 3. The van der Waals surface area contributed by atoms with Crippen LogP contribution in [-0.2, 0) is 22.7 Å². The van der Waals surface area contributed by atoms with Gasteiger partial charge in [0, 0.05) is 17.7 Å². The Bertz CT molecular complexity index is 942. The van der Waals surface area contributed by atoms with Crippen molar-refractivity contribution >= 4 is 10.0 Å². The molecule has 0 saturated carbocycles. The van der Waals surface area contributed by atoms with Gasteiger partial charge in [-0.2, -0.15) is 22.5 Å². The molecule has 0 unspecified atom stereocenters. The minimum atomic E-state index is -4.82. The van der Waals surface area contributed by atoms with Gasteiger partial charge in [0.2, 0.25) is 15.8 Å². The standard InChI is InChI=1S/C14H13F4N3O4S/c1-7-6-24-11-4-8(12-19-13(25-20-12)14(16,17)18)3-10(15)9(11)5-21(7)26(2,22)23/h3-4,7H,5-6H2,1-2H3/t7-/m0/s1. The third-order valence-corrected chi connectivity index (χ3v) is 5.13. The Balaban J connectivity index is 2.02. The van der Waals surface area contributed by atoms with E-state index in [4.69, 9.17) is 4.74 Å². The van der Waals surface area contributed by atoms with E-state index in [9.17, 15) is 26.0 Å². The first kappa shape index (κ1) is 18.6. The molecular weight excluding hydrogens is 382 g/mol. The number of hydrogen-bond donors (Lipinski definition) is 0. The fourth-order valence-corrected chi connectivity index (χ4v) is 3.61. The lowest BCUT2D eigenvalue weighted by atomic mass is 10.1. The number of benzene rings is 1. The molecule has 12 heteroatoms. The van der Waals surface area contributed by atoms with E-state index in [2.05, 4.69) is 14.7 Å². The Kier molecular flexibility index (Phi) is 4.43. The maximum absolute atomic E-state index is 14.5. The quantitative estimate of drug-likeness (QED) is 0.726. The topological polar surface area (TPSA) is 85.5 Å². The van der Waals surface area contributed by atoms with Crippen LogP contribution < -0.4 is 4.74 Å². The number of sulfonamides is 1. The summed E-state index contributed by atoms with van der Waals surface area (Å²) in [4.78, 5) is 3.20. The number of hydrogen-bond acceptors (Lipinski definition) is 6. The van der Waals surface area contributed by atoms with Crippen LogP contribution in [-0.4, -0.2) is 41.8 Å². The molecule has 0 N–H and O–H groups in total. The summed E-state index contributed by atoms with van der Waals surface area (Å²) in [7, 11) is -3.61. The van der Waals surface area contributed by atoms with Gasteiger partial charge >= 0.3 is 12.1 Å². The monoisotopic (exact) mass is 395 g/mol. The maximum Gasteiger partial charge on any atom is 0.471 e. The van der Waals surface area contributed by atoms with Gasteiger partial charge in [0.05, 0.1) is 12.3 Å². The SMILES string of the molecule is C[C@H]1COc2cc(-c3noc(C(F)(F)F)n3)cc(F)c2CN1S(C)(=O)=O. The van der Waals surface area contributed by atoms with Crippen molar-refractivity contribution in [1.29, 1.82) is 0 Å². The van der Waals surface area contributed by atoms with Crippen LogP contribution in [0.1, 0.15) is 18.4 Å². The second-order valence-electron chi connectivity index (χ2n) is 5.82. The van der Waals surface area contributed by atoms with E-state index in [-0.39, 0.29) is 30.0 Å². The minimum Gasteiger partial charge on any atom is -0.491 e. The van der Waals surface area contributed by atoms with Gasteiger partial charge in [-0.05, 0) is 19.1 Å². The van der Waals surface area contributed by atoms with E-state index < -0.39 is 39.8 Å². The highest BCUT2D eigenvalue weighted by atomic mass is 32.2. The summed E-state index contributed by atoms with van der Waals surface area (Å²) in [6.07, 6.45) is -3.82. The van der Waals surface area contributed by atoms with Crippen LogP contribution in [0.2, 0.25) is 0 Å². The number of halogens is 4. The average molecular weight is 395 g/mol. The zero-order valence-corrected chi connectivity index (χ0v) is 14.4. The lowest BCUT2D eigenvalue weighted by molar-refractivity contribution is -0.159. The van der Waals surface area contributed by atoms with Gasteiger partial charge in [-0.3, -0.25) is 0 Å². The number of fused-ring (bicyclic) bond motifs is 1. The normalized spacial score (nSPS) is 18.9. The van der Waals surface area contributed by atoms with Crippen LogP contribution >= 0.6 is 0 Å². The van der Waals surface area contributed by atoms with Crippen molar-refractivity contribution < 1.29 is 35.2 Å². The molecule has 0 bridgehead atoms. The van der Waals surface area contributed by atoms with E-state index in [1.54, 1.807) is 6.92 Å². The zero-order valence-electron chi connectivity index (χ0n) is 13.5. The summed E-state index contributed by atoms with van der Waals surface area (Å²) in [5.41, 5.74) is -0.107. The molecule has 1 aromatic carbocycles. The van der Waals surface area contributed by atoms with Gasteiger partial charge in [0.15, 0.2) is 0 Å². The van der Waals surface area contributed by atoms with E-state index in [1.807, 2.05) is 0 Å². The Hall–Kier alpha value is -2.21. The van der Waals surface area contributed by atoms with Gasteiger partial charge in [0.1, 0.15) is 18.2 Å². The summed E-state index contributed by atoms with van der Waals surface area (Å²) in [6.45, 7) is 1.28. The predicted octanol–water partition coefficient (Wildman–Crippen LogP) is 2.44. The number of alkyl halides is 3. The van der Waals surface area contributed by atoms with Crippen molar-refractivity contribution in [3.05, 3.63) is 29.4 Å². The molecule has 2 heterocycles. The predicted molar refractivity (Wildman–Crippen MR) is 80.0 cm³/mol.